The van der Waals surface area contributed by atoms with E-state index in [9.17, 15) is 4.79 Å². The highest BCUT2D eigenvalue weighted by molar-refractivity contribution is 6.08. The standard InChI is InChI=1S/C19H24N2O2.ClH/c1-19(9-11-20-12-10-19)13-21-18(22)16-7-8-17(23-2)15-6-4-3-5-14(15)16;/h3-8,20H,9-13H2,1-2H3,(H,21,22);1H. The maximum atomic E-state index is 12.7. The minimum Gasteiger partial charge on any atom is -0.496 e. The van der Waals surface area contributed by atoms with Crippen molar-refractivity contribution in [1.82, 2.24) is 10.6 Å². The number of hydrogen-bond donors (Lipinski definition) is 2. The van der Waals surface area contributed by atoms with E-state index in [2.05, 4.69) is 17.6 Å². The first-order valence-corrected chi connectivity index (χ1v) is 8.18. The zero-order chi connectivity index (χ0) is 16.3. The molecule has 0 radical (unpaired) electrons. The Hall–Kier alpha value is -1.78. The van der Waals surface area contributed by atoms with Gasteiger partial charge >= 0.3 is 0 Å². The van der Waals surface area contributed by atoms with Crippen LogP contribution in [0.15, 0.2) is 36.4 Å². The Morgan fingerprint density at radius 1 is 1.17 bits per heavy atom. The van der Waals surface area contributed by atoms with Crippen molar-refractivity contribution in [2.45, 2.75) is 19.8 Å². The maximum Gasteiger partial charge on any atom is 0.251 e. The largest absolute Gasteiger partial charge is 0.496 e. The topological polar surface area (TPSA) is 50.4 Å². The van der Waals surface area contributed by atoms with Crippen molar-refractivity contribution in [3.8, 4) is 5.75 Å². The van der Waals surface area contributed by atoms with E-state index in [4.69, 9.17) is 4.74 Å². The molecule has 1 fully saturated rings. The Kier molecular flexibility index (Phi) is 6.08. The highest BCUT2D eigenvalue weighted by Gasteiger charge is 2.27. The van der Waals surface area contributed by atoms with Crippen LogP contribution in [0.2, 0.25) is 0 Å². The smallest absolute Gasteiger partial charge is 0.251 e. The summed E-state index contributed by atoms with van der Waals surface area (Å²) in [6.07, 6.45) is 2.19. The number of halogens is 1. The van der Waals surface area contributed by atoms with Crippen LogP contribution >= 0.6 is 12.4 Å². The normalized spacial score (nSPS) is 16.2. The third-order valence-corrected chi connectivity index (χ3v) is 4.83. The SMILES string of the molecule is COc1ccc(C(=O)NCC2(C)CCNCC2)c2ccccc12.Cl. The van der Waals surface area contributed by atoms with Crippen LogP contribution in [-0.4, -0.2) is 32.7 Å². The van der Waals surface area contributed by atoms with E-state index in [-0.39, 0.29) is 23.7 Å². The van der Waals surface area contributed by atoms with Crippen LogP contribution in [0.3, 0.4) is 0 Å². The van der Waals surface area contributed by atoms with E-state index in [1.807, 2.05) is 36.4 Å². The molecule has 4 nitrogen and oxygen atoms in total. The number of carbonyl (C=O) groups is 1. The summed E-state index contributed by atoms with van der Waals surface area (Å²) in [5.41, 5.74) is 0.891. The summed E-state index contributed by atoms with van der Waals surface area (Å²) in [6, 6.07) is 11.6. The molecule has 130 valence electrons. The number of rotatable bonds is 4. The average molecular weight is 349 g/mol. The van der Waals surface area contributed by atoms with Gasteiger partial charge in [-0.3, -0.25) is 4.79 Å². The molecule has 2 aromatic carbocycles. The summed E-state index contributed by atoms with van der Waals surface area (Å²) in [5, 5.41) is 8.40. The minimum atomic E-state index is -0.0105. The third-order valence-electron chi connectivity index (χ3n) is 4.83. The Morgan fingerprint density at radius 3 is 2.50 bits per heavy atom. The molecular weight excluding hydrogens is 324 g/mol. The summed E-state index contributed by atoms with van der Waals surface area (Å²) >= 11 is 0. The van der Waals surface area contributed by atoms with Gasteiger partial charge in [0.1, 0.15) is 5.75 Å². The zero-order valence-electron chi connectivity index (χ0n) is 14.2. The summed E-state index contributed by atoms with van der Waals surface area (Å²) in [4.78, 5) is 12.7. The third kappa shape index (κ3) is 3.82. The first-order valence-electron chi connectivity index (χ1n) is 8.18. The van der Waals surface area contributed by atoms with Crippen molar-refractivity contribution >= 4 is 29.1 Å². The lowest BCUT2D eigenvalue weighted by molar-refractivity contribution is 0.0924. The van der Waals surface area contributed by atoms with Crippen molar-refractivity contribution in [2.24, 2.45) is 5.41 Å². The zero-order valence-corrected chi connectivity index (χ0v) is 15.0. The number of carbonyl (C=O) groups excluding carboxylic acids is 1. The first kappa shape index (κ1) is 18.6. The van der Waals surface area contributed by atoms with Gasteiger partial charge in [-0.05, 0) is 48.9 Å². The molecule has 0 saturated carbocycles. The van der Waals surface area contributed by atoms with Gasteiger partial charge in [-0.25, -0.2) is 0 Å². The molecule has 3 rings (SSSR count). The van der Waals surface area contributed by atoms with Crippen LogP contribution in [0.5, 0.6) is 5.75 Å². The lowest BCUT2D eigenvalue weighted by Gasteiger charge is -2.34. The second kappa shape index (κ2) is 7.86. The van der Waals surface area contributed by atoms with Crippen molar-refractivity contribution in [1.29, 1.82) is 0 Å². The number of nitrogens with one attached hydrogen (secondary N) is 2. The van der Waals surface area contributed by atoms with Gasteiger partial charge in [0.05, 0.1) is 7.11 Å². The molecule has 1 aliphatic heterocycles. The molecule has 1 amide bonds. The van der Waals surface area contributed by atoms with Crippen LogP contribution < -0.4 is 15.4 Å². The molecule has 0 unspecified atom stereocenters. The predicted octanol–water partition coefficient (Wildman–Crippen LogP) is 3.39. The van der Waals surface area contributed by atoms with E-state index < -0.39 is 0 Å². The monoisotopic (exact) mass is 348 g/mol. The molecule has 2 aromatic rings. The Balaban J connectivity index is 0.00000208. The molecule has 5 heteroatoms. The van der Waals surface area contributed by atoms with Gasteiger partial charge in [-0.1, -0.05) is 31.2 Å². The number of benzene rings is 2. The molecule has 0 atom stereocenters. The van der Waals surface area contributed by atoms with E-state index in [1.54, 1.807) is 7.11 Å². The quantitative estimate of drug-likeness (QED) is 0.890. The van der Waals surface area contributed by atoms with Crippen LogP contribution in [-0.2, 0) is 0 Å². The Bertz CT molecular complexity index is 712. The molecule has 0 bridgehead atoms. The summed E-state index contributed by atoms with van der Waals surface area (Å²) in [6.45, 7) is 5.02. The number of amides is 1. The number of ether oxygens (including phenoxy) is 1. The fraction of sp³-hybridized carbons (Fsp3) is 0.421. The van der Waals surface area contributed by atoms with Crippen molar-refractivity contribution in [2.75, 3.05) is 26.7 Å². The van der Waals surface area contributed by atoms with Gasteiger partial charge in [-0.15, -0.1) is 12.4 Å². The van der Waals surface area contributed by atoms with Crippen molar-refractivity contribution in [3.63, 3.8) is 0 Å². The van der Waals surface area contributed by atoms with Gasteiger partial charge in [0.2, 0.25) is 0 Å². The molecule has 1 heterocycles. The molecule has 1 aliphatic rings. The van der Waals surface area contributed by atoms with Crippen LogP contribution in [0.1, 0.15) is 30.1 Å². The molecule has 24 heavy (non-hydrogen) atoms. The van der Waals surface area contributed by atoms with E-state index in [0.29, 0.717) is 12.1 Å². The van der Waals surface area contributed by atoms with Crippen LogP contribution in [0.25, 0.3) is 10.8 Å². The number of piperidine rings is 1. The number of methoxy groups -OCH3 is 1. The Labute approximate surface area is 149 Å². The van der Waals surface area contributed by atoms with E-state index in [0.717, 1.165) is 42.5 Å². The van der Waals surface area contributed by atoms with Gasteiger partial charge in [0, 0.05) is 17.5 Å². The maximum absolute atomic E-state index is 12.7. The van der Waals surface area contributed by atoms with Crippen molar-refractivity contribution in [3.05, 3.63) is 42.0 Å². The van der Waals surface area contributed by atoms with Gasteiger partial charge in [-0.2, -0.15) is 0 Å². The highest BCUT2D eigenvalue weighted by atomic mass is 35.5. The molecule has 1 saturated heterocycles. The lowest BCUT2D eigenvalue weighted by atomic mass is 9.81. The molecule has 2 N–H and O–H groups in total. The highest BCUT2D eigenvalue weighted by Crippen LogP contribution is 2.29. The predicted molar refractivity (Wildman–Crippen MR) is 100 cm³/mol. The number of fused-ring (bicyclic) bond motifs is 1. The van der Waals surface area contributed by atoms with Crippen molar-refractivity contribution < 1.29 is 9.53 Å². The fourth-order valence-electron chi connectivity index (χ4n) is 3.24. The first-order chi connectivity index (χ1) is 11.1. The second-order valence-electron chi connectivity index (χ2n) is 6.60. The molecule has 0 aliphatic carbocycles. The van der Waals surface area contributed by atoms with Gasteiger partial charge in [0.15, 0.2) is 0 Å². The average Bonchev–Trinajstić information content (AvgIpc) is 2.59. The van der Waals surface area contributed by atoms with Crippen LogP contribution in [0, 0.1) is 5.41 Å². The van der Waals surface area contributed by atoms with Crippen LogP contribution in [0.4, 0.5) is 0 Å². The van der Waals surface area contributed by atoms with E-state index >= 15 is 0 Å². The summed E-state index contributed by atoms with van der Waals surface area (Å²) in [5.74, 6) is 0.783. The lowest BCUT2D eigenvalue weighted by Crippen LogP contribution is -2.42. The molecular formula is C19H25ClN2O2. The molecule has 0 spiro atoms. The van der Waals surface area contributed by atoms with Gasteiger partial charge < -0.3 is 15.4 Å². The Morgan fingerprint density at radius 2 is 1.83 bits per heavy atom. The number of hydrogen-bond acceptors (Lipinski definition) is 3. The van der Waals surface area contributed by atoms with E-state index in [1.165, 1.54) is 0 Å². The second-order valence-corrected chi connectivity index (χ2v) is 6.60. The van der Waals surface area contributed by atoms with Gasteiger partial charge in [0.25, 0.3) is 5.91 Å². The summed E-state index contributed by atoms with van der Waals surface area (Å²) in [7, 11) is 1.65. The summed E-state index contributed by atoms with van der Waals surface area (Å²) < 4.78 is 5.39. The minimum absolute atomic E-state index is 0. The molecule has 0 aromatic heterocycles. The fourth-order valence-corrected chi connectivity index (χ4v) is 3.24.